The molecule has 184 valence electrons. The third kappa shape index (κ3) is 5.47. The van der Waals surface area contributed by atoms with E-state index >= 15 is 0 Å². The maximum absolute atomic E-state index is 12.7. The molecule has 1 heterocycles. The van der Waals surface area contributed by atoms with Gasteiger partial charge in [0.2, 0.25) is 0 Å². The number of sulfonamides is 1. The van der Waals surface area contributed by atoms with Gasteiger partial charge < -0.3 is 4.98 Å². The molecule has 0 radical (unpaired) electrons. The van der Waals surface area contributed by atoms with Gasteiger partial charge in [-0.25, -0.2) is 13.8 Å². The molecule has 37 heavy (non-hydrogen) atoms. The molecular formula is C28H21BrN4O3S. The van der Waals surface area contributed by atoms with E-state index in [-0.39, 0.29) is 4.90 Å². The van der Waals surface area contributed by atoms with Gasteiger partial charge in [0.15, 0.2) is 0 Å². The van der Waals surface area contributed by atoms with E-state index < -0.39 is 15.9 Å². The second-order valence-electron chi connectivity index (χ2n) is 8.16. The number of fused-ring (bicyclic) bond motifs is 1. The quantitative estimate of drug-likeness (QED) is 0.160. The lowest BCUT2D eigenvalue weighted by atomic mass is 10.1. The fraction of sp³-hybridized carbons (Fsp3) is 0. The highest BCUT2D eigenvalue weighted by molar-refractivity contribution is 9.10. The van der Waals surface area contributed by atoms with Crippen LogP contribution in [0.2, 0.25) is 0 Å². The average Bonchev–Trinajstić information content (AvgIpc) is 3.28. The highest BCUT2D eigenvalue weighted by atomic mass is 79.9. The van der Waals surface area contributed by atoms with Crippen LogP contribution in [0.15, 0.2) is 118 Å². The summed E-state index contributed by atoms with van der Waals surface area (Å²) in [4.78, 5) is 16.2. The van der Waals surface area contributed by atoms with Crippen molar-refractivity contribution < 1.29 is 13.2 Å². The number of nitrogens with one attached hydrogen (secondary N) is 3. The number of aromatic amines is 1. The molecule has 0 unspecified atom stereocenters. The van der Waals surface area contributed by atoms with Crippen LogP contribution in [-0.4, -0.2) is 25.5 Å². The molecule has 7 nitrogen and oxygen atoms in total. The minimum atomic E-state index is -3.75. The van der Waals surface area contributed by atoms with Gasteiger partial charge >= 0.3 is 0 Å². The van der Waals surface area contributed by atoms with Crippen molar-refractivity contribution in [3.05, 3.63) is 119 Å². The van der Waals surface area contributed by atoms with Crippen LogP contribution in [0.5, 0.6) is 0 Å². The first-order valence-corrected chi connectivity index (χ1v) is 13.6. The number of carbonyl (C=O) groups excluding carboxylic acids is 1. The molecule has 1 aromatic heterocycles. The molecule has 3 N–H and O–H groups in total. The molecular weight excluding hydrogens is 552 g/mol. The largest absolute Gasteiger partial charge is 0.354 e. The number of benzene rings is 4. The van der Waals surface area contributed by atoms with Crippen molar-refractivity contribution >= 4 is 54.7 Å². The molecule has 0 spiro atoms. The Morgan fingerprint density at radius 1 is 0.838 bits per heavy atom. The van der Waals surface area contributed by atoms with E-state index in [2.05, 4.69) is 36.2 Å². The maximum Gasteiger partial charge on any atom is 0.271 e. The number of hydrogen-bond acceptors (Lipinski definition) is 4. The fourth-order valence-electron chi connectivity index (χ4n) is 3.87. The van der Waals surface area contributed by atoms with Crippen LogP contribution in [0.3, 0.4) is 0 Å². The number of nitrogens with zero attached hydrogens (tertiary/aromatic N) is 1. The first-order valence-electron chi connectivity index (χ1n) is 11.3. The maximum atomic E-state index is 12.7. The zero-order valence-electron chi connectivity index (χ0n) is 19.4. The number of halogens is 1. The third-order valence-corrected chi connectivity index (χ3v) is 7.62. The van der Waals surface area contributed by atoms with Crippen LogP contribution in [0, 0.1) is 0 Å². The molecule has 0 fully saturated rings. The molecule has 5 aromatic rings. The lowest BCUT2D eigenvalue weighted by Crippen LogP contribution is -2.18. The number of hydrazone groups is 1. The number of anilines is 1. The van der Waals surface area contributed by atoms with Crippen LogP contribution in [0.25, 0.3) is 22.2 Å². The smallest absolute Gasteiger partial charge is 0.271 e. The second kappa shape index (κ2) is 10.4. The Labute approximate surface area is 222 Å². The van der Waals surface area contributed by atoms with E-state index in [0.29, 0.717) is 11.3 Å². The van der Waals surface area contributed by atoms with Crippen LogP contribution < -0.4 is 10.1 Å². The number of hydrogen-bond donors (Lipinski definition) is 3. The van der Waals surface area contributed by atoms with Crippen molar-refractivity contribution in [2.24, 2.45) is 5.10 Å². The SMILES string of the molecule is O=C(N/N=C\c1c(-c2ccccc2)[nH]c2ccccc12)c1ccc(NS(=O)(=O)c2ccc(Br)cc2)cc1. The van der Waals surface area contributed by atoms with E-state index in [1.54, 1.807) is 18.3 Å². The number of aromatic nitrogens is 1. The Bertz CT molecular complexity index is 1700. The van der Waals surface area contributed by atoms with Crippen molar-refractivity contribution in [3.63, 3.8) is 0 Å². The van der Waals surface area contributed by atoms with E-state index in [1.807, 2.05) is 54.6 Å². The second-order valence-corrected chi connectivity index (χ2v) is 10.8. The summed E-state index contributed by atoms with van der Waals surface area (Å²) >= 11 is 3.29. The van der Waals surface area contributed by atoms with E-state index in [1.165, 1.54) is 36.4 Å². The highest BCUT2D eigenvalue weighted by Gasteiger charge is 2.15. The summed E-state index contributed by atoms with van der Waals surface area (Å²) in [5.41, 5.74) is 6.97. The Kier molecular flexibility index (Phi) is 6.89. The summed E-state index contributed by atoms with van der Waals surface area (Å²) in [6.45, 7) is 0. The minimum Gasteiger partial charge on any atom is -0.354 e. The summed E-state index contributed by atoms with van der Waals surface area (Å²) in [7, 11) is -3.75. The van der Waals surface area contributed by atoms with Gasteiger partial charge in [0.25, 0.3) is 15.9 Å². The van der Waals surface area contributed by atoms with Crippen molar-refractivity contribution in [1.82, 2.24) is 10.4 Å². The predicted octanol–water partition coefficient (Wildman–Crippen LogP) is 6.16. The molecule has 0 bridgehead atoms. The summed E-state index contributed by atoms with van der Waals surface area (Å²) < 4.78 is 28.5. The van der Waals surface area contributed by atoms with Crippen molar-refractivity contribution in [3.8, 4) is 11.3 Å². The standard InChI is InChI=1S/C28H21BrN4O3S/c29-21-12-16-23(17-13-21)37(35,36)33-22-14-10-20(11-15-22)28(34)32-30-18-25-24-8-4-5-9-26(24)31-27(25)19-6-2-1-3-7-19/h1-18,31,33H,(H,32,34)/b30-18-. The molecule has 0 atom stereocenters. The summed E-state index contributed by atoms with van der Waals surface area (Å²) in [6.07, 6.45) is 1.62. The van der Waals surface area contributed by atoms with Gasteiger partial charge in [0, 0.05) is 32.2 Å². The molecule has 9 heteroatoms. The third-order valence-electron chi connectivity index (χ3n) is 5.69. The van der Waals surface area contributed by atoms with Crippen molar-refractivity contribution in [1.29, 1.82) is 0 Å². The Hall–Kier alpha value is -4.21. The zero-order chi connectivity index (χ0) is 25.8. The summed E-state index contributed by atoms with van der Waals surface area (Å²) in [5, 5.41) is 5.18. The Balaban J connectivity index is 1.30. The first-order chi connectivity index (χ1) is 17.9. The van der Waals surface area contributed by atoms with E-state index in [4.69, 9.17) is 0 Å². The van der Waals surface area contributed by atoms with Crippen LogP contribution in [0.4, 0.5) is 5.69 Å². The molecule has 0 saturated carbocycles. The lowest BCUT2D eigenvalue weighted by Gasteiger charge is -2.09. The van der Waals surface area contributed by atoms with Gasteiger partial charge in [0.05, 0.1) is 16.8 Å². The van der Waals surface area contributed by atoms with Gasteiger partial charge in [-0.15, -0.1) is 0 Å². The topological polar surface area (TPSA) is 103 Å². The summed E-state index contributed by atoms with van der Waals surface area (Å²) in [6, 6.07) is 30.2. The van der Waals surface area contributed by atoms with Crippen molar-refractivity contribution in [2.45, 2.75) is 4.90 Å². The normalized spacial score (nSPS) is 11.6. The number of rotatable bonds is 7. The summed E-state index contributed by atoms with van der Waals surface area (Å²) in [5.74, 6) is -0.417. The Morgan fingerprint density at radius 3 is 2.24 bits per heavy atom. The van der Waals surface area contributed by atoms with E-state index in [0.717, 1.165) is 32.2 Å². The van der Waals surface area contributed by atoms with Gasteiger partial charge in [-0.2, -0.15) is 5.10 Å². The Morgan fingerprint density at radius 2 is 1.51 bits per heavy atom. The first kappa shape index (κ1) is 24.5. The predicted molar refractivity (Wildman–Crippen MR) is 150 cm³/mol. The molecule has 0 aliphatic heterocycles. The van der Waals surface area contributed by atoms with Crippen LogP contribution >= 0.6 is 15.9 Å². The molecule has 0 aliphatic rings. The van der Waals surface area contributed by atoms with Crippen LogP contribution in [0.1, 0.15) is 15.9 Å². The van der Waals surface area contributed by atoms with Gasteiger partial charge in [-0.05, 0) is 60.2 Å². The molecule has 5 rings (SSSR count). The van der Waals surface area contributed by atoms with Gasteiger partial charge in [-0.1, -0.05) is 64.5 Å². The fourth-order valence-corrected chi connectivity index (χ4v) is 5.19. The lowest BCUT2D eigenvalue weighted by molar-refractivity contribution is 0.0955. The zero-order valence-corrected chi connectivity index (χ0v) is 21.8. The number of carbonyl (C=O) groups is 1. The molecule has 1 amide bonds. The minimum absolute atomic E-state index is 0.138. The number of amides is 1. The molecule has 0 aliphatic carbocycles. The molecule has 0 saturated heterocycles. The van der Waals surface area contributed by atoms with Crippen molar-refractivity contribution in [2.75, 3.05) is 4.72 Å². The highest BCUT2D eigenvalue weighted by Crippen LogP contribution is 2.29. The number of para-hydroxylation sites is 1. The van der Waals surface area contributed by atoms with Gasteiger partial charge in [0.1, 0.15) is 0 Å². The van der Waals surface area contributed by atoms with Gasteiger partial charge in [-0.3, -0.25) is 9.52 Å². The number of H-pyrrole nitrogens is 1. The average molecular weight is 573 g/mol. The monoisotopic (exact) mass is 572 g/mol. The molecule has 4 aromatic carbocycles. The van der Waals surface area contributed by atoms with Crippen LogP contribution in [-0.2, 0) is 10.0 Å². The van der Waals surface area contributed by atoms with E-state index in [9.17, 15) is 13.2 Å².